The lowest BCUT2D eigenvalue weighted by Crippen LogP contribution is -2.52. The van der Waals surface area contributed by atoms with E-state index in [4.69, 9.17) is 23.1 Å². The summed E-state index contributed by atoms with van der Waals surface area (Å²) in [5.41, 5.74) is 10.0. The van der Waals surface area contributed by atoms with E-state index < -0.39 is 35.2 Å². The Hall–Kier alpha value is -2.58. The number of hydrogen-bond donors (Lipinski definition) is 5. The Labute approximate surface area is 147 Å². The molecule has 1 aromatic carbocycles. The zero-order chi connectivity index (χ0) is 19.1. The van der Waals surface area contributed by atoms with Crippen LogP contribution in [0.15, 0.2) is 18.2 Å². The van der Waals surface area contributed by atoms with Crippen molar-refractivity contribution >= 4 is 40.3 Å². The van der Waals surface area contributed by atoms with Crippen LogP contribution in [0, 0.1) is 5.92 Å². The Morgan fingerprint density at radius 3 is 2.28 bits per heavy atom. The molecule has 0 aliphatic heterocycles. The average molecular weight is 368 g/mol. The van der Waals surface area contributed by atoms with Gasteiger partial charge in [0.05, 0.1) is 11.8 Å². The number of amides is 1. The molecule has 0 radical (unpaired) electrons. The molecule has 2 atom stereocenters. The van der Waals surface area contributed by atoms with Gasteiger partial charge in [0, 0.05) is 27.0 Å². The third kappa shape index (κ3) is 3.45. The van der Waals surface area contributed by atoms with E-state index in [1.165, 1.54) is 32.0 Å². The van der Waals surface area contributed by atoms with Crippen LogP contribution < -0.4 is 11.5 Å². The maximum absolute atomic E-state index is 12.0. The van der Waals surface area contributed by atoms with Crippen LogP contribution in [0.5, 0.6) is 0 Å². The molecule has 0 spiro atoms. The normalized spacial score (nSPS) is 14.2. The summed E-state index contributed by atoms with van der Waals surface area (Å²) in [5, 5.41) is 19.9. The Morgan fingerprint density at radius 1 is 1.24 bits per heavy atom. The summed E-state index contributed by atoms with van der Waals surface area (Å²) >= 11 is 5.91. The fourth-order valence-corrected chi connectivity index (χ4v) is 3.25. The first-order valence-corrected chi connectivity index (χ1v) is 7.68. The van der Waals surface area contributed by atoms with E-state index in [0.717, 1.165) is 0 Å². The van der Waals surface area contributed by atoms with Crippen molar-refractivity contribution in [3.63, 3.8) is 0 Å². The van der Waals surface area contributed by atoms with Crippen LogP contribution in [0.25, 0.3) is 10.9 Å². The Morgan fingerprint density at radius 2 is 1.84 bits per heavy atom. The Kier molecular flexibility index (Phi) is 4.79. The summed E-state index contributed by atoms with van der Waals surface area (Å²) in [4.78, 5) is 38.2. The van der Waals surface area contributed by atoms with Crippen LogP contribution in [0.4, 0.5) is 0 Å². The van der Waals surface area contributed by atoms with E-state index in [2.05, 4.69) is 4.98 Å². The third-order valence-corrected chi connectivity index (χ3v) is 4.27. The van der Waals surface area contributed by atoms with Crippen LogP contribution in [0.1, 0.15) is 35.8 Å². The molecule has 0 aliphatic rings. The monoisotopic (exact) mass is 367 g/mol. The molecule has 1 aromatic heterocycles. The van der Waals surface area contributed by atoms with Gasteiger partial charge in [-0.25, -0.2) is 4.79 Å². The summed E-state index contributed by atoms with van der Waals surface area (Å²) in [6, 6.07) is 4.46. The summed E-state index contributed by atoms with van der Waals surface area (Å²) in [6.07, 6.45) is 0. The van der Waals surface area contributed by atoms with Crippen molar-refractivity contribution in [2.24, 2.45) is 17.4 Å². The minimum absolute atomic E-state index is 0.0611. The molecule has 0 aliphatic carbocycles. The van der Waals surface area contributed by atoms with Gasteiger partial charge in [-0.05, 0) is 26.0 Å². The number of rotatable bonds is 6. The van der Waals surface area contributed by atoms with E-state index in [1.807, 2.05) is 0 Å². The van der Waals surface area contributed by atoms with Crippen molar-refractivity contribution in [1.82, 2.24) is 4.98 Å². The molecule has 25 heavy (non-hydrogen) atoms. The van der Waals surface area contributed by atoms with Crippen LogP contribution in [-0.4, -0.2) is 38.6 Å². The number of nitrogens with two attached hydrogens (primary N) is 2. The number of aromatic carboxylic acids is 1. The molecule has 0 fully saturated rings. The Bertz CT molecular complexity index is 869. The molecule has 1 heterocycles. The van der Waals surface area contributed by atoms with E-state index >= 15 is 0 Å². The number of hydrogen-bond acceptors (Lipinski definition) is 4. The van der Waals surface area contributed by atoms with Crippen molar-refractivity contribution in [3.8, 4) is 0 Å². The first kappa shape index (κ1) is 18.8. The minimum atomic E-state index is -1.54. The molecule has 1 amide bonds. The van der Waals surface area contributed by atoms with Gasteiger partial charge < -0.3 is 26.7 Å². The number of carbonyl (C=O) groups is 3. The topological polar surface area (TPSA) is 160 Å². The highest BCUT2D eigenvalue weighted by Gasteiger charge is 2.45. The smallest absolute Gasteiger partial charge is 0.352 e. The third-order valence-electron chi connectivity index (χ3n) is 4.03. The number of primary amides is 1. The second-order valence-electron chi connectivity index (χ2n) is 6.43. The number of fused-ring (bicyclic) bond motifs is 1. The van der Waals surface area contributed by atoms with E-state index in [0.29, 0.717) is 15.9 Å². The molecule has 8 nitrogen and oxygen atoms in total. The van der Waals surface area contributed by atoms with Crippen molar-refractivity contribution in [2.45, 2.75) is 25.3 Å². The van der Waals surface area contributed by atoms with Gasteiger partial charge in [0.25, 0.3) is 0 Å². The molecule has 7 N–H and O–H groups in total. The number of carboxylic acid groups (broad SMARTS) is 2. The van der Waals surface area contributed by atoms with Crippen molar-refractivity contribution in [2.75, 3.05) is 0 Å². The number of benzene rings is 1. The van der Waals surface area contributed by atoms with Crippen LogP contribution in [0.3, 0.4) is 0 Å². The summed E-state index contributed by atoms with van der Waals surface area (Å²) in [6.45, 7) is 2.93. The average Bonchev–Trinajstić information content (AvgIpc) is 2.80. The van der Waals surface area contributed by atoms with E-state index in [1.54, 1.807) is 0 Å². The highest BCUT2D eigenvalue weighted by atomic mass is 35.5. The number of aromatic amines is 1. The lowest BCUT2D eigenvalue weighted by molar-refractivity contribution is -0.144. The van der Waals surface area contributed by atoms with Crippen LogP contribution >= 0.6 is 11.6 Å². The first-order valence-electron chi connectivity index (χ1n) is 7.30. The molecule has 2 aromatic rings. The summed E-state index contributed by atoms with van der Waals surface area (Å²) < 4.78 is 0. The molecule has 134 valence electrons. The Balaban J connectivity index is 2.86. The van der Waals surface area contributed by atoms with E-state index in [9.17, 15) is 24.6 Å². The second kappa shape index (κ2) is 6.38. The maximum Gasteiger partial charge on any atom is 0.352 e. The summed E-state index contributed by atoms with van der Waals surface area (Å²) in [5.74, 6) is -6.58. The number of H-pyrrole nitrogens is 1. The van der Waals surface area contributed by atoms with E-state index in [-0.39, 0.29) is 11.3 Å². The lowest BCUT2D eigenvalue weighted by Gasteiger charge is -2.32. The number of carboxylic acids is 2. The van der Waals surface area contributed by atoms with Crippen molar-refractivity contribution in [1.29, 1.82) is 0 Å². The van der Waals surface area contributed by atoms with Crippen LogP contribution in [-0.2, 0) is 9.59 Å². The predicted molar refractivity (Wildman–Crippen MR) is 91.6 cm³/mol. The van der Waals surface area contributed by atoms with Gasteiger partial charge in [0.1, 0.15) is 5.69 Å². The number of carbonyl (C=O) groups excluding carboxylic acids is 1. The van der Waals surface area contributed by atoms with Crippen molar-refractivity contribution < 1.29 is 24.6 Å². The number of aromatic nitrogens is 1. The first-order chi connectivity index (χ1) is 11.4. The highest BCUT2D eigenvalue weighted by Crippen LogP contribution is 2.38. The van der Waals surface area contributed by atoms with Gasteiger partial charge in [-0.2, -0.15) is 0 Å². The van der Waals surface area contributed by atoms with Gasteiger partial charge in [-0.1, -0.05) is 17.7 Å². The zero-order valence-corrected chi connectivity index (χ0v) is 14.3. The quantitative estimate of drug-likeness (QED) is 0.520. The molecule has 2 rings (SSSR count). The second-order valence-corrected chi connectivity index (χ2v) is 6.86. The molecule has 0 saturated carbocycles. The van der Waals surface area contributed by atoms with Crippen LogP contribution in [0.2, 0.25) is 5.02 Å². The number of halogens is 1. The van der Waals surface area contributed by atoms with Crippen molar-refractivity contribution in [3.05, 3.63) is 34.5 Å². The lowest BCUT2D eigenvalue weighted by atomic mass is 9.74. The fourth-order valence-electron chi connectivity index (χ4n) is 3.08. The maximum atomic E-state index is 12.0. The largest absolute Gasteiger partial charge is 0.481 e. The molecular formula is C16H18ClN3O5. The van der Waals surface area contributed by atoms with Gasteiger partial charge in [-0.3, -0.25) is 9.59 Å². The SMILES string of the molecule is CC(C)(N)C(C(N)=O)C(C(=O)O)c1c(C(=O)O)[nH]c2cc(Cl)ccc12. The molecule has 0 bridgehead atoms. The molecule has 0 saturated heterocycles. The zero-order valence-electron chi connectivity index (χ0n) is 13.5. The number of aliphatic carboxylic acids is 1. The van der Waals surface area contributed by atoms with Gasteiger partial charge in [0.15, 0.2) is 0 Å². The fraction of sp³-hybridized carbons (Fsp3) is 0.312. The molecule has 9 heteroatoms. The van der Waals surface area contributed by atoms with Gasteiger partial charge >= 0.3 is 11.9 Å². The number of nitrogens with one attached hydrogen (secondary N) is 1. The molecule has 2 unspecified atom stereocenters. The standard InChI is InChI=1S/C16H18ClN3O5/c1-16(2,19)11(13(18)21)10(14(22)23)9-7-4-3-6(17)5-8(7)20-12(9)15(24)25/h3-5,10-11,20H,19H2,1-2H3,(H2,18,21)(H,22,23)(H,24,25). The minimum Gasteiger partial charge on any atom is -0.481 e. The predicted octanol–water partition coefficient (Wildman–Crippen LogP) is 1.53. The summed E-state index contributed by atoms with van der Waals surface area (Å²) in [7, 11) is 0. The molecular weight excluding hydrogens is 350 g/mol. The van der Waals surface area contributed by atoms with Gasteiger partial charge in [-0.15, -0.1) is 0 Å². The van der Waals surface area contributed by atoms with Gasteiger partial charge in [0.2, 0.25) is 5.91 Å². The highest BCUT2D eigenvalue weighted by molar-refractivity contribution is 6.31.